The third-order valence-electron chi connectivity index (χ3n) is 16.8. The van der Waals surface area contributed by atoms with Gasteiger partial charge in [-0.25, -0.2) is 4.57 Å². The lowest BCUT2D eigenvalue weighted by atomic mass is 10.0. The molecule has 0 heterocycles. The predicted octanol–water partition coefficient (Wildman–Crippen LogP) is 24.5. The van der Waals surface area contributed by atoms with Crippen molar-refractivity contribution in [1.29, 1.82) is 0 Å². The molecule has 9 nitrogen and oxygen atoms in total. The van der Waals surface area contributed by atoms with Crippen LogP contribution < -0.4 is 5.32 Å². The van der Waals surface area contributed by atoms with Gasteiger partial charge in [-0.2, -0.15) is 0 Å². The molecule has 0 saturated heterocycles. The molecule has 0 aromatic rings. The van der Waals surface area contributed by atoms with Crippen LogP contribution in [0.15, 0.2) is 85.1 Å². The largest absolute Gasteiger partial charge is 0.472 e. The van der Waals surface area contributed by atoms with E-state index in [0.717, 1.165) is 109 Å². The molecule has 1 amide bonds. The van der Waals surface area contributed by atoms with Crippen molar-refractivity contribution in [2.75, 3.05) is 40.9 Å². The normalized spacial score (nSPS) is 13.9. The Morgan fingerprint density at radius 1 is 0.404 bits per heavy atom. The number of quaternary nitrogens is 1. The molecule has 0 spiro atoms. The van der Waals surface area contributed by atoms with Crippen molar-refractivity contribution >= 4 is 19.7 Å². The van der Waals surface area contributed by atoms with E-state index in [2.05, 4.69) is 99.0 Å². The molecule has 0 aliphatic carbocycles. The van der Waals surface area contributed by atoms with Gasteiger partial charge in [0.05, 0.1) is 33.8 Å². The molecule has 0 radical (unpaired) electrons. The highest BCUT2D eigenvalue weighted by Gasteiger charge is 2.30. The zero-order valence-corrected chi connectivity index (χ0v) is 60.3. The van der Waals surface area contributed by atoms with E-state index in [0.29, 0.717) is 23.9 Å². The highest BCUT2D eigenvalue weighted by molar-refractivity contribution is 7.47. The molecule has 0 rings (SSSR count). The summed E-state index contributed by atoms with van der Waals surface area (Å²) in [6.45, 7) is 6.93. The molecule has 89 heavy (non-hydrogen) atoms. The molecule has 2 N–H and O–H groups in total. The number of hydrogen-bond acceptors (Lipinski definition) is 6. The molecule has 3 atom stereocenters. The highest BCUT2D eigenvalue weighted by Crippen LogP contribution is 2.43. The van der Waals surface area contributed by atoms with E-state index in [1.165, 1.54) is 212 Å². The maximum atomic E-state index is 13.6. The Bertz CT molecular complexity index is 1800. The van der Waals surface area contributed by atoms with Crippen molar-refractivity contribution in [1.82, 2.24) is 5.32 Å². The lowest BCUT2D eigenvalue weighted by Gasteiger charge is -2.27. The van der Waals surface area contributed by atoms with Crippen LogP contribution in [0.1, 0.15) is 355 Å². The molecule has 0 fully saturated rings. The van der Waals surface area contributed by atoms with Gasteiger partial charge < -0.3 is 19.4 Å². The van der Waals surface area contributed by atoms with Gasteiger partial charge in [0.2, 0.25) is 5.91 Å². The first-order valence-corrected chi connectivity index (χ1v) is 39.4. The number of ether oxygens (including phenoxy) is 1. The maximum Gasteiger partial charge on any atom is 0.472 e. The van der Waals surface area contributed by atoms with E-state index in [-0.39, 0.29) is 25.1 Å². The zero-order valence-electron chi connectivity index (χ0n) is 59.4. The fourth-order valence-corrected chi connectivity index (χ4v) is 11.8. The topological polar surface area (TPSA) is 111 Å². The van der Waals surface area contributed by atoms with Crippen molar-refractivity contribution in [2.45, 2.75) is 367 Å². The number of phosphoric acid groups is 1. The van der Waals surface area contributed by atoms with Gasteiger partial charge >= 0.3 is 13.8 Å². The minimum absolute atomic E-state index is 0.0370. The number of allylic oxidation sites excluding steroid dienone is 13. The number of carbonyl (C=O) groups excluding carboxylic acids is 2. The van der Waals surface area contributed by atoms with Crippen LogP contribution >= 0.6 is 7.82 Å². The van der Waals surface area contributed by atoms with Gasteiger partial charge in [-0.05, 0) is 83.1 Å². The van der Waals surface area contributed by atoms with Gasteiger partial charge in [-0.1, -0.05) is 344 Å². The second-order valence-corrected chi connectivity index (χ2v) is 28.3. The molecular weight excluding hydrogens is 1120 g/mol. The fraction of sp³-hybridized carbons (Fsp3) is 0.797. The Morgan fingerprint density at radius 3 is 1.08 bits per heavy atom. The summed E-state index contributed by atoms with van der Waals surface area (Å²) >= 11 is 0. The lowest BCUT2D eigenvalue weighted by Crippen LogP contribution is -2.47. The molecule has 3 unspecified atom stereocenters. The van der Waals surface area contributed by atoms with E-state index in [4.69, 9.17) is 13.8 Å². The number of carbonyl (C=O) groups is 2. The lowest BCUT2D eigenvalue weighted by molar-refractivity contribution is -0.870. The molecule has 10 heteroatoms. The second-order valence-electron chi connectivity index (χ2n) is 26.8. The number of phosphoric ester groups is 1. The minimum Gasteiger partial charge on any atom is -0.456 e. The van der Waals surface area contributed by atoms with E-state index in [1.807, 2.05) is 33.3 Å². The standard InChI is InChI=1S/C79H145N2O7P/c1-7-10-13-16-19-22-25-27-29-31-33-35-37-39-40-42-43-45-47-49-51-53-56-59-62-65-68-71-78(82)80-76(75-87-89(84,85)86-74-73-81(4,5)6)77(70-67-64-61-58-55-24-21-18-15-12-9-3)88-79(83)72-69-66-63-60-57-54-52-50-48-46-44-41-38-36-34-32-30-28-26-23-20-17-14-11-8-2/h10,13,19,22,27,29,33,35,39-40,43,45,67,70,76-77H,7-9,11-12,14-18,20-21,23-26,28,30-32,34,36-38,41-42,44,46-66,68-69,71-75H2,1-6H3,(H-,80,82,84,85)/p+1/b13-10-,22-19-,29-27-,35-33-,40-39-,45-43-,70-67+. The number of esters is 1. The number of hydrogen-bond donors (Lipinski definition) is 2. The Morgan fingerprint density at radius 2 is 0.719 bits per heavy atom. The molecular formula is C79H146N2O7P+. The first-order valence-electron chi connectivity index (χ1n) is 37.9. The summed E-state index contributed by atoms with van der Waals surface area (Å²) in [5, 5.41) is 3.07. The Labute approximate surface area is 552 Å². The van der Waals surface area contributed by atoms with Gasteiger partial charge in [-0.3, -0.25) is 18.6 Å². The minimum atomic E-state index is -4.46. The van der Waals surface area contributed by atoms with Crippen molar-refractivity contribution in [3.05, 3.63) is 85.1 Å². The van der Waals surface area contributed by atoms with Gasteiger partial charge in [0.1, 0.15) is 19.3 Å². The number of amides is 1. The Hall–Kier alpha value is -2.81. The van der Waals surface area contributed by atoms with Gasteiger partial charge in [0, 0.05) is 12.8 Å². The molecule has 0 aliphatic rings. The van der Waals surface area contributed by atoms with Crippen LogP contribution in [0, 0.1) is 0 Å². The predicted molar refractivity (Wildman–Crippen MR) is 388 cm³/mol. The Kier molecular flexibility index (Phi) is 65.9. The summed E-state index contributed by atoms with van der Waals surface area (Å²) in [6.07, 6.45) is 91.9. The van der Waals surface area contributed by atoms with E-state index < -0.39 is 20.0 Å². The van der Waals surface area contributed by atoms with Crippen molar-refractivity contribution in [3.63, 3.8) is 0 Å². The van der Waals surface area contributed by atoms with E-state index in [1.54, 1.807) is 0 Å². The summed E-state index contributed by atoms with van der Waals surface area (Å²) < 4.78 is 30.9. The van der Waals surface area contributed by atoms with Crippen LogP contribution in [0.2, 0.25) is 0 Å². The van der Waals surface area contributed by atoms with Gasteiger partial charge in [-0.15, -0.1) is 0 Å². The maximum absolute atomic E-state index is 13.6. The van der Waals surface area contributed by atoms with Gasteiger partial charge in [0.15, 0.2) is 0 Å². The highest BCUT2D eigenvalue weighted by atomic mass is 31.2. The second kappa shape index (κ2) is 68.1. The molecule has 0 aromatic heterocycles. The molecule has 518 valence electrons. The van der Waals surface area contributed by atoms with Crippen LogP contribution in [0.5, 0.6) is 0 Å². The van der Waals surface area contributed by atoms with E-state index >= 15 is 0 Å². The van der Waals surface area contributed by atoms with Crippen molar-refractivity contribution in [2.24, 2.45) is 0 Å². The Balaban J connectivity index is 4.95. The third-order valence-corrected chi connectivity index (χ3v) is 17.8. The molecule has 0 aliphatic heterocycles. The van der Waals surface area contributed by atoms with Crippen LogP contribution in [-0.4, -0.2) is 74.3 Å². The third kappa shape index (κ3) is 69.4. The number of unbranched alkanes of at least 4 members (excludes halogenated alkanes) is 41. The van der Waals surface area contributed by atoms with Crippen LogP contribution in [0.3, 0.4) is 0 Å². The summed E-state index contributed by atoms with van der Waals surface area (Å²) in [5.41, 5.74) is 0. The van der Waals surface area contributed by atoms with Crippen molar-refractivity contribution < 1.29 is 37.3 Å². The SMILES string of the molecule is CC/C=C\C/C=C\C/C=C\C/C=C\C/C=C\C/C=C\CCCCCCCCCCC(=O)NC(COP(=O)(O)OCC[N+](C)(C)C)C(/C=C/CCCCCCCCCCC)OC(=O)CCCCCCCCCCCCCCCCCCCCCCCCCCC. The first kappa shape index (κ1) is 86.2. The van der Waals surface area contributed by atoms with E-state index in [9.17, 15) is 19.0 Å². The smallest absolute Gasteiger partial charge is 0.456 e. The molecule has 0 bridgehead atoms. The number of nitrogens with zero attached hydrogens (tertiary/aromatic N) is 1. The molecule has 0 aromatic carbocycles. The van der Waals surface area contributed by atoms with Crippen LogP contribution in [0.4, 0.5) is 0 Å². The van der Waals surface area contributed by atoms with Crippen LogP contribution in [0.25, 0.3) is 0 Å². The average Bonchev–Trinajstić information content (AvgIpc) is 3.70. The van der Waals surface area contributed by atoms with Crippen LogP contribution in [-0.2, 0) is 27.9 Å². The van der Waals surface area contributed by atoms with Crippen molar-refractivity contribution in [3.8, 4) is 0 Å². The van der Waals surface area contributed by atoms with Gasteiger partial charge in [0.25, 0.3) is 0 Å². The fourth-order valence-electron chi connectivity index (χ4n) is 11.1. The first-order chi connectivity index (χ1) is 43.4. The summed E-state index contributed by atoms with van der Waals surface area (Å²) in [5.74, 6) is -0.503. The summed E-state index contributed by atoms with van der Waals surface area (Å²) in [4.78, 5) is 38.0. The monoisotopic (exact) mass is 1270 g/mol. The number of rotatable bonds is 69. The quantitative estimate of drug-likeness (QED) is 0.0205. The summed E-state index contributed by atoms with van der Waals surface area (Å²) in [7, 11) is 1.49. The summed E-state index contributed by atoms with van der Waals surface area (Å²) in [6, 6.07) is -0.856. The number of nitrogens with one attached hydrogen (secondary N) is 1. The zero-order chi connectivity index (χ0) is 64.9. The number of likely N-dealkylation sites (N-methyl/N-ethyl adjacent to an activating group) is 1. The average molecular weight is 1270 g/mol. The molecule has 0 saturated carbocycles.